The summed E-state index contributed by atoms with van der Waals surface area (Å²) in [5.74, 6) is -1.13. The topological polar surface area (TPSA) is 117 Å². The van der Waals surface area contributed by atoms with Gasteiger partial charge < -0.3 is 14.3 Å². The zero-order valence-corrected chi connectivity index (χ0v) is 16.8. The minimum atomic E-state index is -4.93. The zero-order valence-electron chi connectivity index (χ0n) is 16.0. The van der Waals surface area contributed by atoms with E-state index in [2.05, 4.69) is 26.9 Å². The number of nitrogens with one attached hydrogen (secondary N) is 1. The van der Waals surface area contributed by atoms with Gasteiger partial charge >= 0.3 is 12.1 Å². The molecule has 0 spiro atoms. The molecule has 0 fully saturated rings. The molecule has 13 heteroatoms. The first-order chi connectivity index (χ1) is 14.5. The number of hydroxylamine groups is 1. The SMILES string of the molecule is C=C(C)NOC(=O)CCS(=O)(=O)c1nc(-c2ccc3c(c2)OCO3)cc(C(F)(F)F)n1. The second-order valence-electron chi connectivity index (χ2n) is 6.41. The molecular weight excluding hydrogens is 443 g/mol. The van der Waals surface area contributed by atoms with Gasteiger partial charge in [-0.25, -0.2) is 28.7 Å². The highest BCUT2D eigenvalue weighted by molar-refractivity contribution is 7.91. The van der Waals surface area contributed by atoms with Gasteiger partial charge in [0.15, 0.2) is 11.5 Å². The molecule has 0 aliphatic carbocycles. The van der Waals surface area contributed by atoms with Gasteiger partial charge in [-0.15, -0.1) is 0 Å². The number of rotatable bonds is 7. The van der Waals surface area contributed by atoms with Gasteiger partial charge in [0.1, 0.15) is 5.69 Å². The molecule has 2 heterocycles. The van der Waals surface area contributed by atoms with E-state index in [4.69, 9.17) is 9.47 Å². The Kier molecular flexibility index (Phi) is 6.06. The number of hydrogen-bond acceptors (Lipinski definition) is 9. The molecule has 0 radical (unpaired) electrons. The van der Waals surface area contributed by atoms with Crippen LogP contribution in [-0.4, -0.2) is 36.9 Å². The van der Waals surface area contributed by atoms with Crippen molar-refractivity contribution in [3.63, 3.8) is 0 Å². The van der Waals surface area contributed by atoms with E-state index in [9.17, 15) is 26.4 Å². The van der Waals surface area contributed by atoms with Crippen molar-refractivity contribution in [1.29, 1.82) is 0 Å². The van der Waals surface area contributed by atoms with Gasteiger partial charge in [-0.1, -0.05) is 6.58 Å². The van der Waals surface area contributed by atoms with Crippen LogP contribution < -0.4 is 15.0 Å². The fourth-order valence-corrected chi connectivity index (χ4v) is 3.51. The minimum Gasteiger partial charge on any atom is -0.454 e. The van der Waals surface area contributed by atoms with Crippen LogP contribution in [0.3, 0.4) is 0 Å². The van der Waals surface area contributed by atoms with Gasteiger partial charge in [0.2, 0.25) is 21.8 Å². The Morgan fingerprint density at radius 3 is 2.61 bits per heavy atom. The molecule has 0 atom stereocenters. The van der Waals surface area contributed by atoms with Gasteiger partial charge in [0.05, 0.1) is 17.9 Å². The molecule has 31 heavy (non-hydrogen) atoms. The molecule has 3 rings (SSSR count). The molecule has 0 unspecified atom stereocenters. The number of aromatic nitrogens is 2. The lowest BCUT2D eigenvalue weighted by molar-refractivity contribution is -0.149. The smallest absolute Gasteiger partial charge is 0.433 e. The van der Waals surface area contributed by atoms with E-state index in [0.29, 0.717) is 17.5 Å². The lowest BCUT2D eigenvalue weighted by Crippen LogP contribution is -2.22. The van der Waals surface area contributed by atoms with E-state index >= 15 is 0 Å². The number of carbonyl (C=O) groups excluding carboxylic acids is 1. The predicted octanol–water partition coefficient (Wildman–Crippen LogP) is 2.64. The summed E-state index contributed by atoms with van der Waals surface area (Å²) in [6.07, 6.45) is -5.57. The maximum absolute atomic E-state index is 13.3. The van der Waals surface area contributed by atoms with Gasteiger partial charge in [-0.2, -0.15) is 13.2 Å². The van der Waals surface area contributed by atoms with Crippen LogP contribution in [-0.2, 0) is 25.6 Å². The fraction of sp³-hybridized carbons (Fsp3) is 0.278. The maximum atomic E-state index is 13.3. The van der Waals surface area contributed by atoms with Gasteiger partial charge in [-0.05, 0) is 31.2 Å². The van der Waals surface area contributed by atoms with E-state index in [1.165, 1.54) is 25.1 Å². The molecule has 1 aliphatic heterocycles. The molecule has 166 valence electrons. The number of fused-ring (bicyclic) bond motifs is 1. The van der Waals surface area contributed by atoms with Crippen molar-refractivity contribution < 1.29 is 40.7 Å². The third kappa shape index (κ3) is 5.42. The van der Waals surface area contributed by atoms with E-state index in [1.54, 1.807) is 0 Å². The quantitative estimate of drug-likeness (QED) is 0.493. The molecule has 1 aromatic heterocycles. The van der Waals surface area contributed by atoms with Crippen molar-refractivity contribution in [2.24, 2.45) is 0 Å². The summed E-state index contributed by atoms with van der Waals surface area (Å²) in [4.78, 5) is 23.1. The van der Waals surface area contributed by atoms with Crippen molar-refractivity contribution in [3.8, 4) is 22.8 Å². The number of allylic oxidation sites excluding steroid dienone is 1. The summed E-state index contributed by atoms with van der Waals surface area (Å²) in [5, 5.41) is -1.06. The van der Waals surface area contributed by atoms with Crippen LogP contribution in [0.15, 0.2) is 41.7 Å². The van der Waals surface area contributed by atoms with E-state index < -0.39 is 45.0 Å². The molecule has 9 nitrogen and oxygen atoms in total. The number of carbonyl (C=O) groups is 1. The lowest BCUT2D eigenvalue weighted by Gasteiger charge is -2.11. The van der Waals surface area contributed by atoms with Gasteiger partial charge in [0, 0.05) is 11.3 Å². The van der Waals surface area contributed by atoms with Crippen LogP contribution in [0.1, 0.15) is 19.0 Å². The monoisotopic (exact) mass is 459 g/mol. The largest absolute Gasteiger partial charge is 0.454 e. The number of sulfone groups is 1. The minimum absolute atomic E-state index is 0.0493. The second-order valence-corrected chi connectivity index (χ2v) is 8.42. The molecule has 2 aromatic rings. The Bertz CT molecular complexity index is 1130. The standard InChI is InChI=1S/C18H16F3N3O6S/c1-10(2)24-30-16(25)5-6-31(26,27)17-22-12(8-15(23-17)18(19,20)21)11-3-4-13-14(7-11)29-9-28-13/h3-4,7-8,24H,1,5-6,9H2,2H3. The fourth-order valence-electron chi connectivity index (χ4n) is 2.42. The molecule has 0 saturated carbocycles. The first kappa shape index (κ1) is 22.3. The lowest BCUT2D eigenvalue weighted by atomic mass is 10.1. The molecule has 1 aliphatic rings. The Hall–Kier alpha value is -3.35. The number of alkyl halides is 3. The van der Waals surface area contributed by atoms with Crippen LogP contribution in [0.25, 0.3) is 11.3 Å². The van der Waals surface area contributed by atoms with Crippen molar-refractivity contribution >= 4 is 15.8 Å². The molecule has 0 saturated heterocycles. The third-order valence-corrected chi connectivity index (χ3v) is 5.34. The number of ether oxygens (including phenoxy) is 2. The Morgan fingerprint density at radius 1 is 1.23 bits per heavy atom. The normalized spacial score (nSPS) is 13.0. The van der Waals surface area contributed by atoms with Crippen LogP contribution in [0.5, 0.6) is 11.5 Å². The van der Waals surface area contributed by atoms with Gasteiger partial charge in [-0.3, -0.25) is 0 Å². The van der Waals surface area contributed by atoms with E-state index in [-0.39, 0.29) is 23.8 Å². The van der Waals surface area contributed by atoms with E-state index in [1.807, 2.05) is 0 Å². The highest BCUT2D eigenvalue weighted by atomic mass is 32.2. The summed E-state index contributed by atoms with van der Waals surface area (Å²) >= 11 is 0. The highest BCUT2D eigenvalue weighted by Gasteiger charge is 2.35. The predicted molar refractivity (Wildman–Crippen MR) is 99.3 cm³/mol. The van der Waals surface area contributed by atoms with Crippen molar-refractivity contribution in [1.82, 2.24) is 15.4 Å². The number of nitrogens with zero attached hydrogens (tertiary/aromatic N) is 2. The molecule has 1 aromatic carbocycles. The Morgan fingerprint density at radius 2 is 1.94 bits per heavy atom. The summed E-state index contributed by atoms with van der Waals surface area (Å²) in [6, 6.07) is 4.88. The molecule has 0 amide bonds. The summed E-state index contributed by atoms with van der Waals surface area (Å²) in [5.41, 5.74) is 0.892. The summed E-state index contributed by atoms with van der Waals surface area (Å²) in [6.45, 7) is 4.88. The van der Waals surface area contributed by atoms with Gasteiger partial charge in [0.25, 0.3) is 0 Å². The summed E-state index contributed by atoms with van der Waals surface area (Å²) < 4.78 is 75.4. The number of hydrogen-bond donors (Lipinski definition) is 1. The number of benzene rings is 1. The summed E-state index contributed by atoms with van der Waals surface area (Å²) in [7, 11) is -4.45. The van der Waals surface area contributed by atoms with Crippen molar-refractivity contribution in [2.45, 2.75) is 24.7 Å². The maximum Gasteiger partial charge on any atom is 0.433 e. The first-order valence-corrected chi connectivity index (χ1v) is 10.3. The Labute approximate surface area is 174 Å². The zero-order chi connectivity index (χ0) is 22.8. The molecule has 1 N–H and O–H groups in total. The third-order valence-electron chi connectivity index (χ3n) is 3.86. The Balaban J connectivity index is 1.93. The van der Waals surface area contributed by atoms with Crippen LogP contribution in [0, 0.1) is 0 Å². The average molecular weight is 459 g/mol. The van der Waals surface area contributed by atoms with Crippen molar-refractivity contribution in [2.75, 3.05) is 12.5 Å². The van der Waals surface area contributed by atoms with Crippen LogP contribution in [0.2, 0.25) is 0 Å². The van der Waals surface area contributed by atoms with E-state index in [0.717, 1.165) is 0 Å². The number of halogens is 3. The molecule has 0 bridgehead atoms. The van der Waals surface area contributed by atoms with Crippen LogP contribution in [0.4, 0.5) is 13.2 Å². The highest BCUT2D eigenvalue weighted by Crippen LogP contribution is 2.37. The van der Waals surface area contributed by atoms with Crippen molar-refractivity contribution in [3.05, 3.63) is 42.2 Å². The van der Waals surface area contributed by atoms with Crippen LogP contribution >= 0.6 is 0 Å². The molecular formula is C18H16F3N3O6S. The average Bonchev–Trinajstić information content (AvgIpc) is 3.17. The second kappa shape index (κ2) is 8.41. The first-order valence-electron chi connectivity index (χ1n) is 8.66.